The second-order valence-electron chi connectivity index (χ2n) is 11.1. The molecule has 5 rings (SSSR count). The van der Waals surface area contributed by atoms with Gasteiger partial charge in [0.05, 0.1) is 18.5 Å². The number of benzene rings is 4. The number of hydrogen-bond donors (Lipinski definition) is 1. The van der Waals surface area contributed by atoms with Crippen LogP contribution in [0.3, 0.4) is 0 Å². The quantitative estimate of drug-likeness (QED) is 0.173. The summed E-state index contributed by atoms with van der Waals surface area (Å²) in [6, 6.07) is 19.3. The summed E-state index contributed by atoms with van der Waals surface area (Å²) in [5, 5.41) is 3.32. The molecule has 0 saturated carbocycles. The number of nitrogens with one attached hydrogen (secondary N) is 1. The van der Waals surface area contributed by atoms with E-state index < -0.39 is 23.3 Å². The van der Waals surface area contributed by atoms with E-state index in [1.807, 2.05) is 32.9 Å². The number of ether oxygens (including phenoxy) is 4. The van der Waals surface area contributed by atoms with Crippen LogP contribution in [-0.2, 0) is 16.2 Å². The molecule has 45 heavy (non-hydrogen) atoms. The Morgan fingerprint density at radius 2 is 1.64 bits per heavy atom. The van der Waals surface area contributed by atoms with Crippen molar-refractivity contribution in [2.45, 2.75) is 39.8 Å². The number of esters is 2. The second-order valence-corrected chi connectivity index (χ2v) is 11.1. The van der Waals surface area contributed by atoms with Gasteiger partial charge in [0.25, 0.3) is 5.91 Å². The molecule has 10 heteroatoms. The molecule has 1 heterocycles. The first-order valence-corrected chi connectivity index (χ1v) is 14.2. The molecule has 232 valence electrons. The lowest BCUT2D eigenvalue weighted by Crippen LogP contribution is -2.52. The van der Waals surface area contributed by atoms with Gasteiger partial charge >= 0.3 is 11.9 Å². The number of amides is 1. The monoisotopic (exact) mass is 612 g/mol. The molecule has 1 N–H and O–H groups in total. The first-order chi connectivity index (χ1) is 21.4. The maximum absolute atomic E-state index is 14.1. The molecule has 1 aliphatic heterocycles. The number of rotatable bonds is 8. The van der Waals surface area contributed by atoms with E-state index in [-0.39, 0.29) is 29.6 Å². The predicted octanol–water partition coefficient (Wildman–Crippen LogP) is 6.70. The van der Waals surface area contributed by atoms with E-state index in [0.29, 0.717) is 33.9 Å². The zero-order chi connectivity index (χ0) is 32.5. The number of likely N-dealkylation sites (N-methyl/N-ethyl adjacent to an activating group) is 1. The van der Waals surface area contributed by atoms with Crippen LogP contribution in [0.5, 0.6) is 23.0 Å². The van der Waals surface area contributed by atoms with Crippen LogP contribution >= 0.6 is 0 Å². The third-order valence-electron chi connectivity index (χ3n) is 7.46. The fourth-order valence-electron chi connectivity index (χ4n) is 5.31. The van der Waals surface area contributed by atoms with Crippen molar-refractivity contribution in [3.05, 3.63) is 95.3 Å². The molecule has 0 bridgehead atoms. The van der Waals surface area contributed by atoms with Crippen molar-refractivity contribution < 1.29 is 37.7 Å². The fraction of sp³-hybridized carbons (Fsp3) is 0.229. The standard InChI is InChI=1S/C35H33FN2O7/c1-20-11-12-22(36)17-30(20)43-19-27-24(15-16-28-32(27)38(5)34(41)35(3,4)37-28)25-14-13-23(18-31(25)42-6)45-33(40)26-9-7-8-10-29(26)44-21(2)39/h7-18,37H,19H2,1-6H3. The summed E-state index contributed by atoms with van der Waals surface area (Å²) in [5.74, 6) is -0.813. The number of para-hydroxylation sites is 1. The van der Waals surface area contributed by atoms with E-state index >= 15 is 0 Å². The molecule has 1 aliphatic rings. The number of nitrogens with zero attached hydrogens (tertiary/aromatic N) is 1. The molecule has 0 aromatic heterocycles. The highest BCUT2D eigenvalue weighted by atomic mass is 19.1. The van der Waals surface area contributed by atoms with Gasteiger partial charge in [-0.1, -0.05) is 24.3 Å². The molecule has 4 aromatic carbocycles. The van der Waals surface area contributed by atoms with Crippen LogP contribution in [0.15, 0.2) is 72.8 Å². The summed E-state index contributed by atoms with van der Waals surface area (Å²) in [6.07, 6.45) is 0. The molecule has 0 radical (unpaired) electrons. The minimum atomic E-state index is -0.835. The largest absolute Gasteiger partial charge is 0.496 e. The molecule has 0 atom stereocenters. The predicted molar refractivity (Wildman–Crippen MR) is 168 cm³/mol. The average Bonchev–Trinajstić information content (AvgIpc) is 3.00. The van der Waals surface area contributed by atoms with Crippen LogP contribution in [0.2, 0.25) is 0 Å². The van der Waals surface area contributed by atoms with Crippen molar-refractivity contribution in [1.82, 2.24) is 0 Å². The lowest BCUT2D eigenvalue weighted by atomic mass is 9.91. The smallest absolute Gasteiger partial charge is 0.347 e. The van der Waals surface area contributed by atoms with E-state index in [9.17, 15) is 18.8 Å². The van der Waals surface area contributed by atoms with Crippen molar-refractivity contribution in [1.29, 1.82) is 0 Å². The lowest BCUT2D eigenvalue weighted by Gasteiger charge is -2.39. The van der Waals surface area contributed by atoms with Gasteiger partial charge in [0.2, 0.25) is 0 Å². The fourth-order valence-corrected chi connectivity index (χ4v) is 5.31. The summed E-state index contributed by atoms with van der Waals surface area (Å²) in [5.41, 5.74) is 3.35. The highest BCUT2D eigenvalue weighted by Crippen LogP contribution is 2.45. The normalized spacial score (nSPS) is 13.4. The first kappa shape index (κ1) is 31.1. The van der Waals surface area contributed by atoms with Gasteiger partial charge in [-0.15, -0.1) is 0 Å². The van der Waals surface area contributed by atoms with Crippen LogP contribution in [0.25, 0.3) is 11.1 Å². The molecule has 9 nitrogen and oxygen atoms in total. The number of anilines is 2. The van der Waals surface area contributed by atoms with Gasteiger partial charge in [0.15, 0.2) is 0 Å². The van der Waals surface area contributed by atoms with E-state index in [2.05, 4.69) is 5.32 Å². The number of carbonyl (C=O) groups is 3. The Kier molecular flexibility index (Phi) is 8.50. The van der Waals surface area contributed by atoms with E-state index in [1.54, 1.807) is 48.3 Å². The molecule has 0 aliphatic carbocycles. The van der Waals surface area contributed by atoms with Gasteiger partial charge in [-0.25, -0.2) is 9.18 Å². The molecule has 0 saturated heterocycles. The Bertz CT molecular complexity index is 1820. The van der Waals surface area contributed by atoms with Gasteiger partial charge < -0.3 is 29.2 Å². The summed E-state index contributed by atoms with van der Waals surface area (Å²) < 4.78 is 36.8. The van der Waals surface area contributed by atoms with Crippen LogP contribution in [0.1, 0.15) is 42.3 Å². The molecular weight excluding hydrogens is 579 g/mol. The molecule has 0 unspecified atom stereocenters. The van der Waals surface area contributed by atoms with Crippen LogP contribution in [0, 0.1) is 12.7 Å². The van der Waals surface area contributed by atoms with Crippen molar-refractivity contribution in [2.75, 3.05) is 24.4 Å². The van der Waals surface area contributed by atoms with Gasteiger partial charge in [-0.3, -0.25) is 9.59 Å². The van der Waals surface area contributed by atoms with Crippen molar-refractivity contribution in [3.63, 3.8) is 0 Å². The molecule has 1 amide bonds. The van der Waals surface area contributed by atoms with Crippen molar-refractivity contribution in [2.24, 2.45) is 0 Å². The van der Waals surface area contributed by atoms with Gasteiger partial charge in [-0.05, 0) is 68.3 Å². The van der Waals surface area contributed by atoms with E-state index in [0.717, 1.165) is 11.3 Å². The van der Waals surface area contributed by atoms with Crippen LogP contribution in [-0.4, -0.2) is 37.5 Å². The minimum absolute atomic E-state index is 0.00928. The Labute approximate surface area is 260 Å². The van der Waals surface area contributed by atoms with Crippen molar-refractivity contribution in [3.8, 4) is 34.1 Å². The second kappa shape index (κ2) is 12.3. The van der Waals surface area contributed by atoms with E-state index in [4.69, 9.17) is 18.9 Å². The summed E-state index contributed by atoms with van der Waals surface area (Å²) in [6.45, 7) is 6.69. The summed E-state index contributed by atoms with van der Waals surface area (Å²) >= 11 is 0. The Morgan fingerprint density at radius 1 is 0.911 bits per heavy atom. The Morgan fingerprint density at radius 3 is 2.38 bits per heavy atom. The van der Waals surface area contributed by atoms with Crippen LogP contribution in [0.4, 0.5) is 15.8 Å². The van der Waals surface area contributed by atoms with Gasteiger partial charge in [-0.2, -0.15) is 0 Å². The maximum atomic E-state index is 14.1. The number of hydrogen-bond acceptors (Lipinski definition) is 8. The number of methoxy groups -OCH3 is 1. The third kappa shape index (κ3) is 6.31. The third-order valence-corrected chi connectivity index (χ3v) is 7.46. The van der Waals surface area contributed by atoms with Crippen molar-refractivity contribution >= 4 is 29.2 Å². The summed E-state index contributed by atoms with van der Waals surface area (Å²) in [7, 11) is 3.20. The number of fused-ring (bicyclic) bond motifs is 1. The van der Waals surface area contributed by atoms with E-state index in [1.165, 1.54) is 38.3 Å². The zero-order valence-electron chi connectivity index (χ0n) is 25.8. The average molecular weight is 613 g/mol. The van der Waals surface area contributed by atoms with Crippen LogP contribution < -0.4 is 29.2 Å². The van der Waals surface area contributed by atoms with Gasteiger partial charge in [0, 0.05) is 37.2 Å². The molecule has 0 fully saturated rings. The number of aryl methyl sites for hydroxylation is 1. The first-order valence-electron chi connectivity index (χ1n) is 14.2. The topological polar surface area (TPSA) is 103 Å². The lowest BCUT2D eigenvalue weighted by molar-refractivity contribution is -0.131. The highest BCUT2D eigenvalue weighted by molar-refractivity contribution is 6.09. The number of carbonyl (C=O) groups excluding carboxylic acids is 3. The highest BCUT2D eigenvalue weighted by Gasteiger charge is 2.39. The van der Waals surface area contributed by atoms with Gasteiger partial charge in [0.1, 0.15) is 46.5 Å². The minimum Gasteiger partial charge on any atom is -0.496 e. The molecule has 4 aromatic rings. The maximum Gasteiger partial charge on any atom is 0.347 e. The summed E-state index contributed by atoms with van der Waals surface area (Å²) in [4.78, 5) is 39.5. The SMILES string of the molecule is COc1cc(OC(=O)c2ccccc2OC(C)=O)ccc1-c1ccc2c(c1COc1cc(F)ccc1C)N(C)C(=O)C(C)(C)N2. The molecular formula is C35H33FN2O7. The molecule has 0 spiro atoms. The Hall–Kier alpha value is -5.38. The zero-order valence-corrected chi connectivity index (χ0v) is 25.8. The Balaban J connectivity index is 1.55. The number of halogens is 1.